The molecule has 22 heavy (non-hydrogen) atoms. The van der Waals surface area contributed by atoms with E-state index in [0.29, 0.717) is 16.6 Å². The molecule has 0 aliphatic rings. The van der Waals surface area contributed by atoms with Gasteiger partial charge in [-0.3, -0.25) is 20.2 Å². The van der Waals surface area contributed by atoms with Crippen molar-refractivity contribution in [2.45, 2.75) is 27.2 Å². The van der Waals surface area contributed by atoms with Crippen molar-refractivity contribution in [3.8, 4) is 0 Å². The average molecular weight is 320 g/mol. The summed E-state index contributed by atoms with van der Waals surface area (Å²) in [6.45, 7) is 5.78. The number of nitrogens with zero attached hydrogens (tertiary/aromatic N) is 3. The monoisotopic (exact) mass is 320 g/mol. The van der Waals surface area contributed by atoms with E-state index in [9.17, 15) is 14.9 Å². The van der Waals surface area contributed by atoms with Gasteiger partial charge in [0.2, 0.25) is 5.13 Å². The first-order chi connectivity index (χ1) is 10.4. The lowest BCUT2D eigenvalue weighted by molar-refractivity contribution is -0.385. The Morgan fingerprint density at radius 2 is 2.14 bits per heavy atom. The maximum Gasteiger partial charge on any atom is 0.273 e. The largest absolute Gasteiger partial charge is 0.296 e. The third kappa shape index (κ3) is 3.85. The number of carbonyl (C=O) groups is 1. The summed E-state index contributed by atoms with van der Waals surface area (Å²) in [5.74, 6) is 0.0200. The SMILES string of the molecule is Cc1ccc(C(=O)Nc2nnc(CC(C)C)s2)cc1[N+](=O)[O-]. The Morgan fingerprint density at radius 3 is 2.77 bits per heavy atom. The van der Waals surface area contributed by atoms with Gasteiger partial charge in [0.05, 0.1) is 4.92 Å². The molecule has 1 aromatic carbocycles. The van der Waals surface area contributed by atoms with Gasteiger partial charge in [-0.2, -0.15) is 0 Å². The Morgan fingerprint density at radius 1 is 1.41 bits per heavy atom. The van der Waals surface area contributed by atoms with Crippen LogP contribution in [0.3, 0.4) is 0 Å². The number of anilines is 1. The number of rotatable bonds is 5. The lowest BCUT2D eigenvalue weighted by Gasteiger charge is -2.03. The number of nitro benzene ring substituents is 1. The molecule has 1 aromatic heterocycles. The van der Waals surface area contributed by atoms with E-state index in [4.69, 9.17) is 0 Å². The molecule has 1 N–H and O–H groups in total. The number of aromatic nitrogens is 2. The number of nitro groups is 1. The maximum atomic E-state index is 12.1. The van der Waals surface area contributed by atoms with Gasteiger partial charge < -0.3 is 0 Å². The van der Waals surface area contributed by atoms with Crippen LogP contribution in [0.5, 0.6) is 0 Å². The lowest BCUT2D eigenvalue weighted by Crippen LogP contribution is -2.12. The molecule has 0 spiro atoms. The van der Waals surface area contributed by atoms with Crippen LogP contribution in [0.2, 0.25) is 0 Å². The van der Waals surface area contributed by atoms with Gasteiger partial charge in [-0.15, -0.1) is 10.2 Å². The lowest BCUT2D eigenvalue weighted by atomic mass is 10.1. The van der Waals surface area contributed by atoms with Crippen LogP contribution >= 0.6 is 11.3 Å². The van der Waals surface area contributed by atoms with Crippen LogP contribution < -0.4 is 5.32 Å². The summed E-state index contributed by atoms with van der Waals surface area (Å²) in [5, 5.41) is 22.7. The molecule has 0 bridgehead atoms. The van der Waals surface area contributed by atoms with Crippen molar-refractivity contribution >= 4 is 28.1 Å². The second-order valence-corrected chi connectivity index (χ2v) is 6.37. The maximum absolute atomic E-state index is 12.1. The first-order valence-electron chi connectivity index (χ1n) is 6.75. The molecule has 0 fully saturated rings. The quantitative estimate of drug-likeness (QED) is 0.674. The smallest absolute Gasteiger partial charge is 0.273 e. The van der Waals surface area contributed by atoms with Gasteiger partial charge in [0.25, 0.3) is 11.6 Å². The molecule has 116 valence electrons. The van der Waals surface area contributed by atoms with Crippen LogP contribution in [0, 0.1) is 23.0 Å². The van der Waals surface area contributed by atoms with Crippen LogP contribution in [-0.2, 0) is 6.42 Å². The Labute approximate surface area is 131 Å². The predicted molar refractivity (Wildman–Crippen MR) is 84.2 cm³/mol. The van der Waals surface area contributed by atoms with Crippen LogP contribution in [-0.4, -0.2) is 21.0 Å². The van der Waals surface area contributed by atoms with Crippen LogP contribution in [0.4, 0.5) is 10.8 Å². The van der Waals surface area contributed by atoms with Gasteiger partial charge in [0.1, 0.15) is 5.01 Å². The molecule has 0 atom stereocenters. The molecule has 2 rings (SSSR count). The summed E-state index contributed by atoms with van der Waals surface area (Å²) in [6.07, 6.45) is 0.795. The number of benzene rings is 1. The Kier molecular flexibility index (Phi) is 4.81. The zero-order valence-corrected chi connectivity index (χ0v) is 13.3. The molecule has 1 heterocycles. The van der Waals surface area contributed by atoms with E-state index in [-0.39, 0.29) is 11.3 Å². The van der Waals surface area contributed by atoms with Gasteiger partial charge >= 0.3 is 0 Å². The highest BCUT2D eigenvalue weighted by Gasteiger charge is 2.16. The van der Waals surface area contributed by atoms with Crippen molar-refractivity contribution in [2.24, 2.45) is 5.92 Å². The molecule has 8 heteroatoms. The third-order valence-electron chi connectivity index (χ3n) is 2.94. The van der Waals surface area contributed by atoms with E-state index in [1.165, 1.54) is 17.4 Å². The van der Waals surface area contributed by atoms with Crippen molar-refractivity contribution in [3.63, 3.8) is 0 Å². The van der Waals surface area contributed by atoms with Crippen LogP contribution in [0.25, 0.3) is 0 Å². The van der Waals surface area contributed by atoms with E-state index < -0.39 is 10.8 Å². The first kappa shape index (κ1) is 16.0. The summed E-state index contributed by atoms with van der Waals surface area (Å²) >= 11 is 1.31. The number of hydrogen-bond donors (Lipinski definition) is 1. The fourth-order valence-corrected chi connectivity index (χ4v) is 2.80. The molecule has 0 saturated heterocycles. The van der Waals surface area contributed by atoms with Crippen molar-refractivity contribution < 1.29 is 9.72 Å². The number of carbonyl (C=O) groups excluding carboxylic acids is 1. The van der Waals surface area contributed by atoms with Gasteiger partial charge in [0.15, 0.2) is 0 Å². The Hall–Kier alpha value is -2.35. The van der Waals surface area contributed by atoms with Gasteiger partial charge in [0, 0.05) is 23.6 Å². The van der Waals surface area contributed by atoms with E-state index in [1.807, 2.05) is 0 Å². The molecular weight excluding hydrogens is 304 g/mol. The molecule has 0 radical (unpaired) electrons. The molecule has 7 nitrogen and oxygen atoms in total. The second kappa shape index (κ2) is 6.61. The van der Waals surface area contributed by atoms with Crippen LogP contribution in [0.1, 0.15) is 34.8 Å². The van der Waals surface area contributed by atoms with Crippen molar-refractivity contribution in [1.82, 2.24) is 10.2 Å². The highest BCUT2D eigenvalue weighted by Crippen LogP contribution is 2.22. The van der Waals surface area contributed by atoms with E-state index >= 15 is 0 Å². The first-order valence-corrected chi connectivity index (χ1v) is 7.57. The fourth-order valence-electron chi connectivity index (χ4n) is 1.85. The summed E-state index contributed by atoms with van der Waals surface area (Å²) in [7, 11) is 0. The molecule has 0 unspecified atom stereocenters. The number of amides is 1. The molecule has 0 aliphatic heterocycles. The number of nitrogens with one attached hydrogen (secondary N) is 1. The highest BCUT2D eigenvalue weighted by atomic mass is 32.1. The van der Waals surface area contributed by atoms with Crippen molar-refractivity contribution in [3.05, 3.63) is 44.4 Å². The van der Waals surface area contributed by atoms with E-state index in [0.717, 1.165) is 11.4 Å². The molecule has 2 aromatic rings. The van der Waals surface area contributed by atoms with E-state index in [1.54, 1.807) is 19.1 Å². The molecule has 0 saturated carbocycles. The normalized spacial score (nSPS) is 10.7. The zero-order valence-electron chi connectivity index (χ0n) is 12.5. The summed E-state index contributed by atoms with van der Waals surface area (Å²) in [4.78, 5) is 22.5. The van der Waals surface area contributed by atoms with E-state index in [2.05, 4.69) is 29.4 Å². The Bertz CT molecular complexity index is 712. The summed E-state index contributed by atoms with van der Waals surface area (Å²) in [6, 6.07) is 4.37. The zero-order chi connectivity index (χ0) is 16.3. The van der Waals surface area contributed by atoms with Gasteiger partial charge in [-0.05, 0) is 18.9 Å². The summed E-state index contributed by atoms with van der Waals surface area (Å²) in [5.41, 5.74) is 0.653. The van der Waals surface area contributed by atoms with Gasteiger partial charge in [-0.1, -0.05) is 31.3 Å². The third-order valence-corrected chi connectivity index (χ3v) is 3.80. The second-order valence-electron chi connectivity index (χ2n) is 5.31. The molecular formula is C14H16N4O3S. The highest BCUT2D eigenvalue weighted by molar-refractivity contribution is 7.15. The average Bonchev–Trinajstić information content (AvgIpc) is 2.85. The fraction of sp³-hybridized carbons (Fsp3) is 0.357. The standard InChI is InChI=1S/C14H16N4O3S/c1-8(2)6-12-16-17-14(22-12)15-13(19)10-5-4-9(3)11(7-10)18(20)21/h4-5,7-8H,6H2,1-3H3,(H,15,17,19). The van der Waals surface area contributed by atoms with Gasteiger partial charge in [-0.25, -0.2) is 0 Å². The predicted octanol–water partition coefficient (Wildman–Crippen LogP) is 3.21. The van der Waals surface area contributed by atoms with Crippen molar-refractivity contribution in [2.75, 3.05) is 5.32 Å². The minimum absolute atomic E-state index is 0.0783. The number of hydrogen-bond acceptors (Lipinski definition) is 6. The van der Waals surface area contributed by atoms with Crippen LogP contribution in [0.15, 0.2) is 18.2 Å². The number of aryl methyl sites for hydroxylation is 1. The molecule has 1 amide bonds. The minimum atomic E-state index is -0.502. The molecule has 0 aliphatic carbocycles. The topological polar surface area (TPSA) is 98.0 Å². The Balaban J connectivity index is 2.14. The minimum Gasteiger partial charge on any atom is -0.296 e. The summed E-state index contributed by atoms with van der Waals surface area (Å²) < 4.78 is 0. The van der Waals surface area contributed by atoms with Crippen molar-refractivity contribution in [1.29, 1.82) is 0 Å².